The predicted molar refractivity (Wildman–Crippen MR) is 78.8 cm³/mol. The van der Waals surface area contributed by atoms with Crippen molar-refractivity contribution in [1.82, 2.24) is 10.2 Å². The smallest absolute Gasteiger partial charge is 0.223 e. The number of nitrogens with one attached hydrogen (secondary N) is 1. The summed E-state index contributed by atoms with van der Waals surface area (Å²) in [4.78, 5) is 14.7. The Kier molecular flexibility index (Phi) is 4.93. The number of rotatable bonds is 5. The molecule has 1 amide bonds. The molecule has 5 nitrogen and oxygen atoms in total. The van der Waals surface area contributed by atoms with Gasteiger partial charge in [0.1, 0.15) is 5.76 Å². The molecule has 0 spiro atoms. The number of amides is 1. The van der Waals surface area contributed by atoms with Gasteiger partial charge in [-0.1, -0.05) is 0 Å². The zero-order chi connectivity index (χ0) is 14.5. The van der Waals surface area contributed by atoms with Crippen molar-refractivity contribution < 1.29 is 13.9 Å². The highest BCUT2D eigenvalue weighted by molar-refractivity contribution is 5.78. The minimum atomic E-state index is 0.106. The van der Waals surface area contributed by atoms with E-state index in [1.165, 1.54) is 12.8 Å². The van der Waals surface area contributed by atoms with Crippen LogP contribution in [0.3, 0.4) is 0 Å². The Bertz CT molecular complexity index is 434. The molecule has 0 bridgehead atoms. The predicted octanol–water partition coefficient (Wildman–Crippen LogP) is 1.96. The van der Waals surface area contributed by atoms with Crippen molar-refractivity contribution in [3.05, 3.63) is 24.2 Å². The Morgan fingerprint density at radius 2 is 2.10 bits per heavy atom. The van der Waals surface area contributed by atoms with Crippen molar-refractivity contribution in [2.45, 2.75) is 31.7 Å². The van der Waals surface area contributed by atoms with E-state index in [4.69, 9.17) is 9.15 Å². The molecule has 3 rings (SSSR count). The van der Waals surface area contributed by atoms with Crippen LogP contribution < -0.4 is 5.32 Å². The van der Waals surface area contributed by atoms with Crippen LogP contribution in [0.4, 0.5) is 0 Å². The van der Waals surface area contributed by atoms with E-state index < -0.39 is 0 Å². The van der Waals surface area contributed by atoms with Crippen LogP contribution in [0.25, 0.3) is 0 Å². The number of ether oxygens (including phenoxy) is 1. The molecule has 21 heavy (non-hydrogen) atoms. The molecule has 0 aliphatic carbocycles. The second-order valence-corrected chi connectivity index (χ2v) is 5.91. The zero-order valence-electron chi connectivity index (χ0n) is 12.4. The molecule has 0 radical (unpaired) electrons. The minimum Gasteiger partial charge on any atom is -0.468 e. The van der Waals surface area contributed by atoms with E-state index in [-0.39, 0.29) is 17.9 Å². The van der Waals surface area contributed by atoms with Crippen LogP contribution in [-0.4, -0.2) is 43.7 Å². The lowest BCUT2D eigenvalue weighted by molar-refractivity contribution is -0.128. The Morgan fingerprint density at radius 1 is 1.33 bits per heavy atom. The highest BCUT2D eigenvalue weighted by Crippen LogP contribution is 2.25. The van der Waals surface area contributed by atoms with Gasteiger partial charge in [-0.15, -0.1) is 0 Å². The molecule has 0 aromatic carbocycles. The average Bonchev–Trinajstić information content (AvgIpc) is 3.22. The summed E-state index contributed by atoms with van der Waals surface area (Å²) in [5.41, 5.74) is 0. The Hall–Kier alpha value is -1.33. The number of likely N-dealkylation sites (tertiary alicyclic amines) is 1. The van der Waals surface area contributed by atoms with Crippen LogP contribution in [0.15, 0.2) is 22.8 Å². The van der Waals surface area contributed by atoms with Crippen LogP contribution in [-0.2, 0) is 9.53 Å². The molecule has 116 valence electrons. The number of carbonyl (C=O) groups excluding carboxylic acids is 1. The lowest BCUT2D eigenvalue weighted by Crippen LogP contribution is -2.40. The summed E-state index contributed by atoms with van der Waals surface area (Å²) < 4.78 is 10.9. The molecule has 1 atom stereocenters. The zero-order valence-corrected chi connectivity index (χ0v) is 12.4. The van der Waals surface area contributed by atoms with E-state index in [1.807, 2.05) is 12.1 Å². The summed E-state index contributed by atoms with van der Waals surface area (Å²) in [6.07, 6.45) is 5.83. The van der Waals surface area contributed by atoms with E-state index >= 15 is 0 Å². The molecule has 1 aromatic rings. The highest BCUT2D eigenvalue weighted by Gasteiger charge is 2.27. The van der Waals surface area contributed by atoms with E-state index in [1.54, 1.807) is 6.26 Å². The average molecular weight is 292 g/mol. The van der Waals surface area contributed by atoms with Gasteiger partial charge in [0.15, 0.2) is 0 Å². The lowest BCUT2D eigenvalue weighted by Gasteiger charge is -2.27. The van der Waals surface area contributed by atoms with Crippen molar-refractivity contribution in [2.24, 2.45) is 5.92 Å². The first kappa shape index (κ1) is 14.6. The summed E-state index contributed by atoms with van der Waals surface area (Å²) in [5, 5.41) is 3.12. The highest BCUT2D eigenvalue weighted by atomic mass is 16.5. The summed E-state index contributed by atoms with van der Waals surface area (Å²) >= 11 is 0. The number of furan rings is 1. The van der Waals surface area contributed by atoms with Gasteiger partial charge in [-0.3, -0.25) is 9.69 Å². The van der Waals surface area contributed by atoms with Gasteiger partial charge in [-0.2, -0.15) is 0 Å². The lowest BCUT2D eigenvalue weighted by atomic mass is 9.99. The minimum absolute atomic E-state index is 0.106. The van der Waals surface area contributed by atoms with Gasteiger partial charge in [0.2, 0.25) is 5.91 Å². The number of hydrogen-bond acceptors (Lipinski definition) is 4. The first-order valence-electron chi connectivity index (χ1n) is 7.97. The van der Waals surface area contributed by atoms with E-state index in [9.17, 15) is 4.79 Å². The molecule has 5 heteroatoms. The van der Waals surface area contributed by atoms with Crippen LogP contribution in [0, 0.1) is 5.92 Å². The first-order chi connectivity index (χ1) is 10.3. The van der Waals surface area contributed by atoms with Gasteiger partial charge in [-0.25, -0.2) is 0 Å². The number of hydrogen-bond donors (Lipinski definition) is 1. The fourth-order valence-corrected chi connectivity index (χ4v) is 3.25. The Labute approximate surface area is 125 Å². The molecule has 0 saturated carbocycles. The summed E-state index contributed by atoms with van der Waals surface area (Å²) in [7, 11) is 0. The third-order valence-electron chi connectivity index (χ3n) is 4.51. The number of nitrogens with zero attached hydrogens (tertiary/aromatic N) is 1. The molecular formula is C16H24N2O3. The van der Waals surface area contributed by atoms with Crippen LogP contribution in [0.5, 0.6) is 0 Å². The standard InChI is InChI=1S/C16H24N2O3/c19-16(13-5-10-20-11-6-13)17-12-14(15-4-3-9-21-15)18-7-1-2-8-18/h3-4,9,13-14H,1-2,5-8,10-12H2,(H,17,19). The normalized spacial score (nSPS) is 22.3. The molecule has 3 heterocycles. The maximum Gasteiger partial charge on any atom is 0.223 e. The fraction of sp³-hybridized carbons (Fsp3) is 0.688. The molecule has 2 saturated heterocycles. The molecule has 1 aromatic heterocycles. The SMILES string of the molecule is O=C(NCC(c1ccco1)N1CCCC1)C1CCOCC1. The van der Waals surface area contributed by atoms with Gasteiger partial charge >= 0.3 is 0 Å². The second-order valence-electron chi connectivity index (χ2n) is 5.91. The van der Waals surface area contributed by atoms with Crippen molar-refractivity contribution in [3.63, 3.8) is 0 Å². The van der Waals surface area contributed by atoms with Gasteiger partial charge in [0.25, 0.3) is 0 Å². The van der Waals surface area contributed by atoms with Crippen molar-refractivity contribution >= 4 is 5.91 Å². The molecule has 1 N–H and O–H groups in total. The maximum absolute atomic E-state index is 12.3. The van der Waals surface area contributed by atoms with Crippen LogP contribution in [0.2, 0.25) is 0 Å². The largest absolute Gasteiger partial charge is 0.468 e. The van der Waals surface area contributed by atoms with E-state index in [0.717, 1.165) is 31.7 Å². The topological polar surface area (TPSA) is 54.7 Å². The molecule has 2 aliphatic heterocycles. The van der Waals surface area contributed by atoms with Gasteiger partial charge in [0.05, 0.1) is 12.3 Å². The summed E-state index contributed by atoms with van der Waals surface area (Å²) in [5.74, 6) is 1.22. The summed E-state index contributed by atoms with van der Waals surface area (Å²) in [6, 6.07) is 4.08. The summed E-state index contributed by atoms with van der Waals surface area (Å²) in [6.45, 7) is 4.19. The molecule has 2 aliphatic rings. The van der Waals surface area contributed by atoms with Gasteiger partial charge in [0, 0.05) is 25.7 Å². The van der Waals surface area contributed by atoms with Gasteiger partial charge in [-0.05, 0) is 50.9 Å². The van der Waals surface area contributed by atoms with Crippen molar-refractivity contribution in [1.29, 1.82) is 0 Å². The van der Waals surface area contributed by atoms with Crippen molar-refractivity contribution in [3.8, 4) is 0 Å². The fourth-order valence-electron chi connectivity index (χ4n) is 3.25. The monoisotopic (exact) mass is 292 g/mol. The molecule has 1 unspecified atom stereocenters. The van der Waals surface area contributed by atoms with E-state index in [2.05, 4.69) is 10.2 Å². The quantitative estimate of drug-likeness (QED) is 0.901. The third-order valence-corrected chi connectivity index (χ3v) is 4.51. The Morgan fingerprint density at radius 3 is 2.76 bits per heavy atom. The van der Waals surface area contributed by atoms with Crippen molar-refractivity contribution in [2.75, 3.05) is 32.8 Å². The Balaban J connectivity index is 1.58. The van der Waals surface area contributed by atoms with Crippen LogP contribution >= 0.6 is 0 Å². The molecular weight excluding hydrogens is 268 g/mol. The van der Waals surface area contributed by atoms with Gasteiger partial charge < -0.3 is 14.5 Å². The van der Waals surface area contributed by atoms with E-state index in [0.29, 0.717) is 19.8 Å². The molecule has 2 fully saturated rings. The first-order valence-corrected chi connectivity index (χ1v) is 7.97. The number of carbonyl (C=O) groups is 1. The van der Waals surface area contributed by atoms with Crippen LogP contribution in [0.1, 0.15) is 37.5 Å². The second kappa shape index (κ2) is 7.09. The maximum atomic E-state index is 12.3. The third kappa shape index (κ3) is 3.66.